The predicted molar refractivity (Wildman–Crippen MR) is 109 cm³/mol. The van der Waals surface area contributed by atoms with Crippen LogP contribution >= 0.6 is 27.3 Å². The molecule has 142 valence electrons. The molecule has 0 aliphatic rings. The average molecular weight is 450 g/mol. The number of aliphatic hydroxyl groups is 1. The smallest absolute Gasteiger partial charge is 0.250 e. The van der Waals surface area contributed by atoms with Crippen molar-refractivity contribution >= 4 is 37.3 Å². The Balaban J connectivity index is 3.47. The number of hydrogen-bond acceptors (Lipinski definition) is 4. The fourth-order valence-electron chi connectivity index (χ4n) is 2.76. The van der Waals surface area contributed by atoms with Gasteiger partial charge in [-0.15, -0.1) is 11.3 Å². The molecular formula is C18H28BrNO3S2. The average Bonchev–Trinajstić information content (AvgIpc) is 3.04. The molecule has 0 saturated heterocycles. The maximum atomic E-state index is 12.9. The van der Waals surface area contributed by atoms with Crippen molar-refractivity contribution in [2.24, 2.45) is 5.92 Å². The number of nitrogens with one attached hydrogen (secondary N) is 1. The molecule has 2 atom stereocenters. The van der Waals surface area contributed by atoms with Crippen LogP contribution in [0.1, 0.15) is 48.0 Å². The van der Waals surface area contributed by atoms with E-state index in [1.54, 1.807) is 12.1 Å². The van der Waals surface area contributed by atoms with Gasteiger partial charge in [-0.05, 0) is 72.8 Å². The first kappa shape index (κ1) is 22.6. The van der Waals surface area contributed by atoms with E-state index in [1.807, 2.05) is 53.7 Å². The predicted octanol–water partition coefficient (Wildman–Crippen LogP) is 4.87. The second kappa shape index (κ2) is 8.95. The normalized spacial score (nSPS) is 18.7. The first-order chi connectivity index (χ1) is 11.5. The van der Waals surface area contributed by atoms with Gasteiger partial charge in [0.25, 0.3) is 0 Å². The van der Waals surface area contributed by atoms with Gasteiger partial charge in [-0.25, -0.2) is 13.1 Å². The Hall–Kier alpha value is -0.470. The van der Waals surface area contributed by atoms with Gasteiger partial charge in [0.05, 0.1) is 9.83 Å². The minimum absolute atomic E-state index is 0.0621. The molecule has 7 heteroatoms. The largest absolute Gasteiger partial charge is 0.379 e. The van der Waals surface area contributed by atoms with Gasteiger partial charge in [0.2, 0.25) is 10.0 Å². The molecule has 0 aromatic carbocycles. The van der Waals surface area contributed by atoms with Crippen LogP contribution in [0.2, 0.25) is 0 Å². The van der Waals surface area contributed by atoms with E-state index in [0.29, 0.717) is 0 Å². The van der Waals surface area contributed by atoms with Crippen molar-refractivity contribution in [2.45, 2.75) is 63.8 Å². The van der Waals surface area contributed by atoms with Crippen LogP contribution in [-0.4, -0.2) is 25.2 Å². The first-order valence-electron chi connectivity index (χ1n) is 8.31. The highest BCUT2D eigenvalue weighted by Gasteiger charge is 2.44. The molecule has 1 aromatic rings. The number of hydrogen-bond donors (Lipinski definition) is 2. The van der Waals surface area contributed by atoms with Gasteiger partial charge in [0, 0.05) is 0 Å². The first-order valence-corrected chi connectivity index (χ1v) is 11.4. The number of rotatable bonds is 8. The maximum absolute atomic E-state index is 12.9. The van der Waals surface area contributed by atoms with E-state index in [-0.39, 0.29) is 10.1 Å². The molecule has 0 radical (unpaired) electrons. The number of halogens is 1. The summed E-state index contributed by atoms with van der Waals surface area (Å²) in [4.78, 5) is 0. The highest BCUT2D eigenvalue weighted by atomic mass is 79.9. The zero-order valence-electron chi connectivity index (χ0n) is 15.6. The number of thiophene rings is 1. The third-order valence-corrected chi connectivity index (χ3v) is 8.38. The minimum Gasteiger partial charge on any atom is -0.379 e. The highest BCUT2D eigenvalue weighted by Crippen LogP contribution is 2.35. The van der Waals surface area contributed by atoms with E-state index in [1.165, 1.54) is 0 Å². The lowest BCUT2D eigenvalue weighted by Gasteiger charge is -2.41. The molecule has 2 N–H and O–H groups in total. The summed E-state index contributed by atoms with van der Waals surface area (Å²) in [5.74, 6) is -0.0621. The van der Waals surface area contributed by atoms with Crippen molar-refractivity contribution in [3.8, 4) is 0 Å². The summed E-state index contributed by atoms with van der Waals surface area (Å²) < 4.78 is 29.5. The van der Waals surface area contributed by atoms with Crippen LogP contribution in [0.3, 0.4) is 0 Å². The van der Waals surface area contributed by atoms with Gasteiger partial charge in [-0.1, -0.05) is 32.4 Å². The summed E-state index contributed by atoms with van der Waals surface area (Å²) in [5.41, 5.74) is 0.0763. The van der Waals surface area contributed by atoms with E-state index in [9.17, 15) is 13.5 Å². The third kappa shape index (κ3) is 4.83. The molecular weight excluding hydrogens is 422 g/mol. The lowest BCUT2D eigenvalue weighted by atomic mass is 9.75. The lowest BCUT2D eigenvalue weighted by molar-refractivity contribution is 0.0581. The molecule has 0 spiro atoms. The summed E-state index contributed by atoms with van der Waals surface area (Å²) in [6, 6.07) is 2.60. The summed E-state index contributed by atoms with van der Waals surface area (Å²) in [5, 5.41) is 11.6. The van der Waals surface area contributed by atoms with E-state index in [2.05, 4.69) is 20.7 Å². The lowest BCUT2D eigenvalue weighted by Crippen LogP contribution is -2.57. The van der Waals surface area contributed by atoms with Gasteiger partial charge in [0.1, 0.15) is 9.81 Å². The zero-order chi connectivity index (χ0) is 19.4. The minimum atomic E-state index is -3.74. The molecule has 1 rings (SSSR count). The van der Waals surface area contributed by atoms with Crippen LogP contribution in [0, 0.1) is 5.92 Å². The summed E-state index contributed by atoms with van der Waals surface area (Å²) >= 11 is 4.45. The summed E-state index contributed by atoms with van der Waals surface area (Å²) in [7, 11) is -3.74. The summed E-state index contributed by atoms with van der Waals surface area (Å²) in [6.07, 6.45) is 4.40. The van der Waals surface area contributed by atoms with Crippen LogP contribution in [0.4, 0.5) is 0 Å². The second-order valence-corrected chi connectivity index (χ2v) is 10.7. The standard InChI is InChI=1S/C18H28BrNO3S2/c1-7-12(4)17(18(21,13(5)8-2)14(6)9-3)20-25(22,23)16-11-10-15(19)24-16/h8-12,17,20-21H,7H2,1-6H3/b13-8+,14-9+/t12-,17?/m0/s1. The molecule has 1 heterocycles. The fourth-order valence-corrected chi connectivity index (χ4v) is 6.15. The van der Waals surface area contributed by atoms with E-state index in [0.717, 1.165) is 32.7 Å². The SMILES string of the molecule is C/C=C(\C)C(O)(/C(C)=C/C)C(NS(=O)(=O)c1ccc(Br)s1)[C@@H](C)CC. The van der Waals surface area contributed by atoms with Crippen LogP contribution in [-0.2, 0) is 10.0 Å². The van der Waals surface area contributed by atoms with E-state index >= 15 is 0 Å². The van der Waals surface area contributed by atoms with Crippen LogP contribution < -0.4 is 4.72 Å². The van der Waals surface area contributed by atoms with Crippen LogP contribution in [0.25, 0.3) is 0 Å². The quantitative estimate of drug-likeness (QED) is 0.556. The molecule has 0 aliphatic carbocycles. The van der Waals surface area contributed by atoms with Crippen molar-refractivity contribution in [1.29, 1.82) is 0 Å². The van der Waals surface area contributed by atoms with E-state index < -0.39 is 21.7 Å². The molecule has 0 bridgehead atoms. The Labute approximate surface area is 164 Å². The van der Waals surface area contributed by atoms with Crippen molar-refractivity contribution in [2.75, 3.05) is 0 Å². The Morgan fingerprint density at radius 2 is 1.84 bits per heavy atom. The summed E-state index contributed by atoms with van der Waals surface area (Å²) in [6.45, 7) is 11.3. The maximum Gasteiger partial charge on any atom is 0.250 e. The van der Waals surface area contributed by atoms with E-state index in [4.69, 9.17) is 0 Å². The van der Waals surface area contributed by atoms with Crippen molar-refractivity contribution in [1.82, 2.24) is 4.72 Å². The zero-order valence-corrected chi connectivity index (χ0v) is 18.8. The van der Waals surface area contributed by atoms with Crippen LogP contribution in [0.5, 0.6) is 0 Å². The Bertz CT molecular complexity index is 732. The monoisotopic (exact) mass is 449 g/mol. The van der Waals surface area contributed by atoms with Gasteiger partial charge in [-0.3, -0.25) is 0 Å². The number of sulfonamides is 1. The van der Waals surface area contributed by atoms with Gasteiger partial charge < -0.3 is 5.11 Å². The molecule has 1 unspecified atom stereocenters. The van der Waals surface area contributed by atoms with Gasteiger partial charge >= 0.3 is 0 Å². The van der Waals surface area contributed by atoms with Gasteiger partial charge in [-0.2, -0.15) is 0 Å². The van der Waals surface area contributed by atoms with Crippen molar-refractivity contribution in [3.05, 3.63) is 39.2 Å². The van der Waals surface area contributed by atoms with Crippen LogP contribution in [0.15, 0.2) is 43.4 Å². The molecule has 1 aromatic heterocycles. The van der Waals surface area contributed by atoms with Crippen molar-refractivity contribution < 1.29 is 13.5 Å². The Morgan fingerprint density at radius 3 is 2.20 bits per heavy atom. The second-order valence-electron chi connectivity index (χ2n) is 6.25. The topological polar surface area (TPSA) is 66.4 Å². The fraction of sp³-hybridized carbons (Fsp3) is 0.556. The van der Waals surface area contributed by atoms with Crippen molar-refractivity contribution in [3.63, 3.8) is 0 Å². The molecule has 25 heavy (non-hydrogen) atoms. The Morgan fingerprint density at radius 1 is 1.32 bits per heavy atom. The molecule has 0 aliphatic heterocycles. The molecule has 4 nitrogen and oxygen atoms in total. The molecule has 0 saturated carbocycles. The molecule has 0 amide bonds. The molecule has 0 fully saturated rings. The third-order valence-electron chi connectivity index (χ3n) is 4.83. The Kier molecular flexibility index (Phi) is 8.08. The highest BCUT2D eigenvalue weighted by molar-refractivity contribution is 9.11. The number of allylic oxidation sites excluding steroid dienone is 2. The van der Waals surface area contributed by atoms with Gasteiger partial charge in [0.15, 0.2) is 0 Å².